The van der Waals surface area contributed by atoms with Crippen LogP contribution in [0.3, 0.4) is 0 Å². The third kappa shape index (κ3) is 2.54. The highest BCUT2D eigenvalue weighted by molar-refractivity contribution is 5.44. The van der Waals surface area contributed by atoms with E-state index in [4.69, 9.17) is 20.1 Å². The van der Waals surface area contributed by atoms with Crippen LogP contribution in [0.1, 0.15) is 31.4 Å². The molecule has 0 spiro atoms. The highest BCUT2D eigenvalue weighted by atomic mass is 16.6. The van der Waals surface area contributed by atoms with E-state index in [0.717, 1.165) is 29.9 Å². The van der Waals surface area contributed by atoms with E-state index in [2.05, 4.69) is 12.3 Å². The average molecular weight is 264 g/mol. The Morgan fingerprint density at radius 1 is 1.21 bits per heavy atom. The molecule has 1 saturated heterocycles. The van der Waals surface area contributed by atoms with E-state index >= 15 is 0 Å². The van der Waals surface area contributed by atoms with Crippen LogP contribution in [0.25, 0.3) is 0 Å². The van der Waals surface area contributed by atoms with Crippen LogP contribution >= 0.6 is 0 Å². The number of rotatable bonds is 3. The van der Waals surface area contributed by atoms with Crippen molar-refractivity contribution in [2.75, 3.05) is 13.2 Å². The van der Waals surface area contributed by atoms with Gasteiger partial charge in [0.2, 0.25) is 0 Å². The van der Waals surface area contributed by atoms with E-state index in [1.54, 1.807) is 0 Å². The van der Waals surface area contributed by atoms with Gasteiger partial charge < -0.3 is 14.2 Å². The van der Waals surface area contributed by atoms with Crippen molar-refractivity contribution in [3.8, 4) is 11.5 Å². The lowest BCUT2D eigenvalue weighted by Crippen LogP contribution is -2.36. The van der Waals surface area contributed by atoms with Crippen LogP contribution in [0.5, 0.6) is 11.5 Å². The number of nitrogens with one attached hydrogen (secondary N) is 1. The van der Waals surface area contributed by atoms with Crippen molar-refractivity contribution in [3.63, 3.8) is 0 Å². The van der Waals surface area contributed by atoms with Gasteiger partial charge in [0.1, 0.15) is 13.2 Å². The van der Waals surface area contributed by atoms with Crippen molar-refractivity contribution in [2.24, 2.45) is 5.84 Å². The molecule has 3 N–H and O–H groups in total. The Balaban J connectivity index is 1.83. The Labute approximate surface area is 113 Å². The smallest absolute Gasteiger partial charge is 0.161 e. The van der Waals surface area contributed by atoms with E-state index < -0.39 is 0 Å². The van der Waals surface area contributed by atoms with Gasteiger partial charge in [-0.2, -0.15) is 0 Å². The van der Waals surface area contributed by atoms with Crippen LogP contribution in [0.4, 0.5) is 0 Å². The summed E-state index contributed by atoms with van der Waals surface area (Å²) in [5.74, 6) is 7.29. The SMILES string of the molecule is CC1CCC(C(NN)c2ccc3c(c2)OCCO3)O1. The molecule has 0 saturated carbocycles. The fourth-order valence-electron chi connectivity index (χ4n) is 2.75. The maximum Gasteiger partial charge on any atom is 0.161 e. The van der Waals surface area contributed by atoms with Gasteiger partial charge in [0, 0.05) is 0 Å². The summed E-state index contributed by atoms with van der Waals surface area (Å²) >= 11 is 0. The summed E-state index contributed by atoms with van der Waals surface area (Å²) in [7, 11) is 0. The van der Waals surface area contributed by atoms with Crippen LogP contribution in [-0.2, 0) is 4.74 Å². The molecule has 0 bridgehead atoms. The van der Waals surface area contributed by atoms with Gasteiger partial charge in [0.05, 0.1) is 18.2 Å². The van der Waals surface area contributed by atoms with Crippen LogP contribution in [0, 0.1) is 0 Å². The third-order valence-corrected chi connectivity index (χ3v) is 3.74. The first-order chi connectivity index (χ1) is 9.28. The number of fused-ring (bicyclic) bond motifs is 1. The van der Waals surface area contributed by atoms with Gasteiger partial charge in [0.15, 0.2) is 11.5 Å². The molecule has 3 rings (SSSR count). The molecular formula is C14H20N2O3. The van der Waals surface area contributed by atoms with Crippen molar-refractivity contribution in [1.29, 1.82) is 0 Å². The summed E-state index contributed by atoms with van der Waals surface area (Å²) in [6.45, 7) is 3.29. The lowest BCUT2D eigenvalue weighted by molar-refractivity contribution is 0.0315. The number of hydrogen-bond acceptors (Lipinski definition) is 5. The van der Waals surface area contributed by atoms with E-state index in [0.29, 0.717) is 19.3 Å². The van der Waals surface area contributed by atoms with E-state index in [9.17, 15) is 0 Å². The molecule has 0 aromatic heterocycles. The van der Waals surface area contributed by atoms with E-state index in [1.165, 1.54) is 0 Å². The van der Waals surface area contributed by atoms with Crippen molar-refractivity contribution in [2.45, 2.75) is 38.0 Å². The summed E-state index contributed by atoms with van der Waals surface area (Å²) < 4.78 is 17.0. The molecule has 2 aliphatic rings. The minimum absolute atomic E-state index is 0.0132. The number of hydrazine groups is 1. The van der Waals surface area contributed by atoms with Crippen LogP contribution in [0.15, 0.2) is 18.2 Å². The van der Waals surface area contributed by atoms with Crippen LogP contribution in [-0.4, -0.2) is 25.4 Å². The zero-order valence-electron chi connectivity index (χ0n) is 11.1. The molecule has 1 fully saturated rings. The molecule has 0 radical (unpaired) electrons. The van der Waals surface area contributed by atoms with Crippen LogP contribution in [0.2, 0.25) is 0 Å². The Hall–Kier alpha value is -1.30. The summed E-state index contributed by atoms with van der Waals surface area (Å²) in [6.07, 6.45) is 2.51. The van der Waals surface area contributed by atoms with Gasteiger partial charge in [-0.3, -0.25) is 11.3 Å². The van der Waals surface area contributed by atoms with Crippen molar-refractivity contribution >= 4 is 0 Å². The number of benzene rings is 1. The summed E-state index contributed by atoms with van der Waals surface area (Å²) in [4.78, 5) is 0. The molecule has 5 heteroatoms. The predicted molar refractivity (Wildman–Crippen MR) is 71.1 cm³/mol. The Morgan fingerprint density at radius 2 is 2.00 bits per heavy atom. The summed E-state index contributed by atoms with van der Waals surface area (Å²) in [5, 5.41) is 0. The molecule has 3 atom stereocenters. The first-order valence-electron chi connectivity index (χ1n) is 6.79. The number of hydrogen-bond donors (Lipinski definition) is 2. The molecule has 3 unspecified atom stereocenters. The normalized spacial score (nSPS) is 27.3. The number of ether oxygens (including phenoxy) is 3. The minimum atomic E-state index is -0.0132. The molecule has 2 aliphatic heterocycles. The Morgan fingerprint density at radius 3 is 2.68 bits per heavy atom. The molecule has 2 heterocycles. The molecule has 0 aliphatic carbocycles. The maximum atomic E-state index is 5.90. The number of nitrogens with two attached hydrogens (primary N) is 1. The molecule has 1 aromatic carbocycles. The second-order valence-corrected chi connectivity index (χ2v) is 5.11. The largest absolute Gasteiger partial charge is 0.486 e. The molecule has 19 heavy (non-hydrogen) atoms. The topological polar surface area (TPSA) is 65.7 Å². The van der Waals surface area contributed by atoms with E-state index in [1.807, 2.05) is 18.2 Å². The van der Waals surface area contributed by atoms with Crippen molar-refractivity contribution in [1.82, 2.24) is 5.43 Å². The third-order valence-electron chi connectivity index (χ3n) is 3.74. The summed E-state index contributed by atoms with van der Waals surface area (Å²) in [5.41, 5.74) is 3.94. The fraction of sp³-hybridized carbons (Fsp3) is 0.571. The second-order valence-electron chi connectivity index (χ2n) is 5.11. The van der Waals surface area contributed by atoms with Gasteiger partial charge in [-0.1, -0.05) is 6.07 Å². The predicted octanol–water partition coefficient (Wildman–Crippen LogP) is 1.53. The van der Waals surface area contributed by atoms with Gasteiger partial charge in [-0.05, 0) is 37.5 Å². The molecular weight excluding hydrogens is 244 g/mol. The zero-order chi connectivity index (χ0) is 13.2. The Bertz CT molecular complexity index is 452. The monoisotopic (exact) mass is 264 g/mol. The second kappa shape index (κ2) is 5.36. The van der Waals surface area contributed by atoms with Gasteiger partial charge >= 0.3 is 0 Å². The van der Waals surface area contributed by atoms with Gasteiger partial charge in [-0.25, -0.2) is 0 Å². The molecule has 5 nitrogen and oxygen atoms in total. The Kier molecular flexibility index (Phi) is 3.59. The van der Waals surface area contributed by atoms with Crippen molar-refractivity contribution < 1.29 is 14.2 Å². The summed E-state index contributed by atoms with van der Waals surface area (Å²) in [6, 6.07) is 5.93. The zero-order valence-corrected chi connectivity index (χ0v) is 11.1. The standard InChI is InChI=1S/C14H20N2O3/c1-9-2-4-12(19-9)14(16-15)10-3-5-11-13(8-10)18-7-6-17-11/h3,5,8-9,12,14,16H,2,4,6-7,15H2,1H3. The molecule has 104 valence electrons. The maximum absolute atomic E-state index is 5.90. The lowest BCUT2D eigenvalue weighted by atomic mass is 9.99. The van der Waals surface area contributed by atoms with Gasteiger partial charge in [0.25, 0.3) is 0 Å². The van der Waals surface area contributed by atoms with E-state index in [-0.39, 0.29) is 12.1 Å². The average Bonchev–Trinajstić information content (AvgIpc) is 2.86. The highest BCUT2D eigenvalue weighted by Gasteiger charge is 2.30. The molecule has 1 aromatic rings. The minimum Gasteiger partial charge on any atom is -0.486 e. The quantitative estimate of drug-likeness (QED) is 0.640. The van der Waals surface area contributed by atoms with Crippen LogP contribution < -0.4 is 20.7 Å². The molecule has 0 amide bonds. The first-order valence-corrected chi connectivity index (χ1v) is 6.79. The van der Waals surface area contributed by atoms with Crippen molar-refractivity contribution in [3.05, 3.63) is 23.8 Å². The van der Waals surface area contributed by atoms with Gasteiger partial charge in [-0.15, -0.1) is 0 Å². The fourth-order valence-corrected chi connectivity index (χ4v) is 2.75. The lowest BCUT2D eigenvalue weighted by Gasteiger charge is -2.25. The first kappa shape index (κ1) is 12.7. The highest BCUT2D eigenvalue weighted by Crippen LogP contribution is 2.36.